The zero-order valence-corrected chi connectivity index (χ0v) is 14.9. The van der Waals surface area contributed by atoms with Crippen molar-refractivity contribution in [3.63, 3.8) is 0 Å². The van der Waals surface area contributed by atoms with Crippen LogP contribution in [-0.2, 0) is 13.9 Å². The lowest BCUT2D eigenvalue weighted by Gasteiger charge is -2.40. The van der Waals surface area contributed by atoms with E-state index in [2.05, 4.69) is 40.4 Å². The minimum absolute atomic E-state index is 0.0540. The van der Waals surface area contributed by atoms with Crippen LogP contribution in [0, 0.1) is 0 Å². The summed E-state index contributed by atoms with van der Waals surface area (Å²) in [7, 11) is -0.129. The quantitative estimate of drug-likeness (QED) is 0.626. The third-order valence-electron chi connectivity index (χ3n) is 4.57. The first-order valence-electron chi connectivity index (χ1n) is 7.43. The van der Waals surface area contributed by atoms with Gasteiger partial charge in [0, 0.05) is 7.11 Å². The molecule has 20 heavy (non-hydrogen) atoms. The molecule has 3 nitrogen and oxygen atoms in total. The maximum Gasteiger partial charge on any atom is 0.192 e. The van der Waals surface area contributed by atoms with Crippen molar-refractivity contribution >= 4 is 8.32 Å². The fourth-order valence-corrected chi connectivity index (χ4v) is 4.22. The van der Waals surface area contributed by atoms with Gasteiger partial charge in [0.15, 0.2) is 14.6 Å². The predicted octanol–water partition coefficient (Wildman–Crippen LogP) is 4.27. The fraction of sp³-hybridized carbons (Fsp3) is 0.750. The summed E-state index contributed by atoms with van der Waals surface area (Å²) in [4.78, 5) is 0. The van der Waals surface area contributed by atoms with E-state index in [-0.39, 0.29) is 17.4 Å². The van der Waals surface area contributed by atoms with E-state index in [1.165, 1.54) is 12.8 Å². The van der Waals surface area contributed by atoms with Gasteiger partial charge in [-0.15, -0.1) is 0 Å². The Morgan fingerprint density at radius 3 is 2.60 bits per heavy atom. The lowest BCUT2D eigenvalue weighted by molar-refractivity contribution is -0.107. The molecule has 0 amide bonds. The second kappa shape index (κ2) is 7.03. The summed E-state index contributed by atoms with van der Waals surface area (Å²) in [6, 6.07) is 0. The Balaban J connectivity index is 2.63. The lowest BCUT2D eigenvalue weighted by atomic mass is 10.1. The van der Waals surface area contributed by atoms with E-state index in [9.17, 15) is 0 Å². The molecule has 0 fully saturated rings. The maximum absolute atomic E-state index is 6.33. The third-order valence-corrected chi connectivity index (χ3v) is 8.97. The third kappa shape index (κ3) is 4.04. The van der Waals surface area contributed by atoms with E-state index >= 15 is 0 Å². The Labute approximate surface area is 125 Å². The molecule has 1 rings (SSSR count). The Kier molecular flexibility index (Phi) is 6.19. The van der Waals surface area contributed by atoms with Gasteiger partial charge in [-0.1, -0.05) is 39.8 Å². The average Bonchev–Trinajstić information content (AvgIpc) is 2.78. The molecule has 0 unspecified atom stereocenters. The molecule has 0 saturated heterocycles. The van der Waals surface area contributed by atoms with Gasteiger partial charge >= 0.3 is 0 Å². The minimum Gasteiger partial charge on any atom is -0.414 e. The average molecular weight is 298 g/mol. The lowest BCUT2D eigenvalue weighted by Crippen LogP contribution is -2.44. The Morgan fingerprint density at radius 1 is 1.45 bits per heavy atom. The Morgan fingerprint density at radius 2 is 2.10 bits per heavy atom. The van der Waals surface area contributed by atoms with Crippen molar-refractivity contribution in [1.29, 1.82) is 0 Å². The first-order valence-corrected chi connectivity index (χ1v) is 10.3. The van der Waals surface area contributed by atoms with Gasteiger partial charge < -0.3 is 13.9 Å². The highest BCUT2D eigenvalue weighted by Crippen LogP contribution is 2.42. The number of hydrogen-bond donors (Lipinski definition) is 0. The summed E-state index contributed by atoms with van der Waals surface area (Å²) in [5.41, 5.74) is 1.06. The summed E-state index contributed by atoms with van der Waals surface area (Å²) >= 11 is 0. The zero-order valence-electron chi connectivity index (χ0n) is 13.9. The van der Waals surface area contributed by atoms with Crippen LogP contribution < -0.4 is 0 Å². The molecular formula is C16H30O3Si. The summed E-state index contributed by atoms with van der Waals surface area (Å²) in [6.45, 7) is 15.9. The van der Waals surface area contributed by atoms with Crippen molar-refractivity contribution in [2.75, 3.05) is 13.7 Å². The number of rotatable bonds is 8. The van der Waals surface area contributed by atoms with E-state index in [0.29, 0.717) is 6.61 Å². The van der Waals surface area contributed by atoms with Crippen molar-refractivity contribution < 1.29 is 13.9 Å². The highest BCUT2D eigenvalue weighted by Gasteiger charge is 2.41. The molecule has 0 bridgehead atoms. The van der Waals surface area contributed by atoms with Crippen molar-refractivity contribution in [1.82, 2.24) is 0 Å². The molecule has 0 radical (unpaired) electrons. The molecule has 2 atom stereocenters. The molecule has 0 spiro atoms. The number of hydrogen-bond acceptors (Lipinski definition) is 3. The van der Waals surface area contributed by atoms with E-state index in [1.807, 2.05) is 12.2 Å². The predicted molar refractivity (Wildman–Crippen MR) is 86.3 cm³/mol. The zero-order chi connectivity index (χ0) is 15.4. The van der Waals surface area contributed by atoms with Crippen LogP contribution in [-0.4, -0.2) is 34.4 Å². The molecule has 1 aliphatic heterocycles. The summed E-state index contributed by atoms with van der Waals surface area (Å²) < 4.78 is 17.3. The molecule has 0 aromatic heterocycles. The molecular weight excluding hydrogens is 268 g/mol. The standard InChI is InChI=1S/C16H30O3Si/c1-8-10-16(3,4)20(6,7)18-12-14-13(9-2)11-15(17-5)19-14/h9,11,14-15H,2,8,10,12H2,1,3-7H3/t14-,15+/m1/s1. The second-order valence-corrected chi connectivity index (χ2v) is 11.2. The van der Waals surface area contributed by atoms with E-state index < -0.39 is 8.32 Å². The van der Waals surface area contributed by atoms with Crippen LogP contribution in [0.3, 0.4) is 0 Å². The van der Waals surface area contributed by atoms with Gasteiger partial charge in [-0.05, 0) is 36.2 Å². The highest BCUT2D eigenvalue weighted by molar-refractivity contribution is 6.74. The van der Waals surface area contributed by atoms with Gasteiger partial charge in [-0.25, -0.2) is 0 Å². The van der Waals surface area contributed by atoms with Crippen LogP contribution in [0.1, 0.15) is 33.6 Å². The van der Waals surface area contributed by atoms with Gasteiger partial charge in [0.25, 0.3) is 0 Å². The number of methoxy groups -OCH3 is 1. The van der Waals surface area contributed by atoms with E-state index in [0.717, 1.165) is 5.57 Å². The molecule has 0 aromatic rings. The first kappa shape index (κ1) is 17.6. The molecule has 1 heterocycles. The molecule has 1 aliphatic rings. The fourth-order valence-electron chi connectivity index (χ4n) is 2.41. The largest absolute Gasteiger partial charge is 0.414 e. The van der Waals surface area contributed by atoms with Crippen molar-refractivity contribution in [2.24, 2.45) is 0 Å². The Hall–Kier alpha value is -0.423. The summed E-state index contributed by atoms with van der Waals surface area (Å²) in [5, 5.41) is 0.263. The molecule has 4 heteroatoms. The van der Waals surface area contributed by atoms with Crippen LogP contribution in [0.5, 0.6) is 0 Å². The van der Waals surface area contributed by atoms with Crippen LogP contribution in [0.4, 0.5) is 0 Å². The number of ether oxygens (including phenoxy) is 2. The van der Waals surface area contributed by atoms with E-state index in [1.54, 1.807) is 7.11 Å². The van der Waals surface area contributed by atoms with Gasteiger partial charge in [0.2, 0.25) is 0 Å². The Bertz CT molecular complexity index is 361. The van der Waals surface area contributed by atoms with Gasteiger partial charge in [0.05, 0.1) is 6.61 Å². The van der Waals surface area contributed by atoms with Crippen LogP contribution >= 0.6 is 0 Å². The molecule has 0 aromatic carbocycles. The van der Waals surface area contributed by atoms with Gasteiger partial charge in [0.1, 0.15) is 6.10 Å². The summed E-state index contributed by atoms with van der Waals surface area (Å²) in [6.07, 6.45) is 5.86. The second-order valence-electron chi connectivity index (χ2n) is 6.55. The normalized spacial score (nSPS) is 23.8. The first-order chi connectivity index (χ1) is 9.27. The maximum atomic E-state index is 6.33. The van der Waals surface area contributed by atoms with Gasteiger partial charge in [-0.3, -0.25) is 0 Å². The highest BCUT2D eigenvalue weighted by atomic mass is 28.4. The summed E-state index contributed by atoms with van der Waals surface area (Å²) in [5.74, 6) is 0. The van der Waals surface area contributed by atoms with Crippen LogP contribution in [0.15, 0.2) is 24.3 Å². The van der Waals surface area contributed by atoms with Crippen LogP contribution in [0.25, 0.3) is 0 Å². The minimum atomic E-state index is -1.78. The van der Waals surface area contributed by atoms with Crippen LogP contribution in [0.2, 0.25) is 18.1 Å². The molecule has 0 N–H and O–H groups in total. The smallest absolute Gasteiger partial charge is 0.192 e. The molecule has 0 saturated carbocycles. The van der Waals surface area contributed by atoms with Crippen molar-refractivity contribution in [2.45, 2.75) is 64.1 Å². The molecule has 116 valence electrons. The van der Waals surface area contributed by atoms with Gasteiger partial charge in [-0.2, -0.15) is 0 Å². The topological polar surface area (TPSA) is 27.7 Å². The van der Waals surface area contributed by atoms with Crippen molar-refractivity contribution in [3.05, 3.63) is 24.3 Å². The monoisotopic (exact) mass is 298 g/mol. The van der Waals surface area contributed by atoms with E-state index in [4.69, 9.17) is 13.9 Å². The SMILES string of the molecule is C=CC1=C[C@@H](OC)O[C@@H]1CO[Si](C)(C)C(C)(C)CCC. The van der Waals surface area contributed by atoms with Crippen molar-refractivity contribution in [3.8, 4) is 0 Å². The molecule has 0 aliphatic carbocycles.